The van der Waals surface area contributed by atoms with E-state index in [-0.39, 0.29) is 56.0 Å². The summed E-state index contributed by atoms with van der Waals surface area (Å²) in [6.45, 7) is 8.69. The Morgan fingerprint density at radius 2 is 1.88 bits per heavy atom. The molecule has 0 amide bonds. The number of alkyl halides is 1. The third-order valence-corrected chi connectivity index (χ3v) is 9.58. The smallest absolute Gasteiger partial charge is 0.434 e. The van der Waals surface area contributed by atoms with Gasteiger partial charge in [0.1, 0.15) is 6.17 Å². The SMILES string of the molecule is CCCOC(=O)O[C@]1(C(=O)COC(=O)OCC(C)C)CC[C@H]2[C@@H]3C[C@H](F)C4=CC(=O)C=C[C@]4(C)[C@H]3C(O)C[C@@]21C. The summed E-state index contributed by atoms with van der Waals surface area (Å²) in [5.41, 5.74) is -3.34. The fourth-order valence-electron chi connectivity index (χ4n) is 7.88. The Hall–Kier alpha value is -2.75. The van der Waals surface area contributed by atoms with E-state index in [1.165, 1.54) is 12.2 Å². The number of rotatable bonds is 8. The van der Waals surface area contributed by atoms with Crippen molar-refractivity contribution in [1.82, 2.24) is 0 Å². The van der Waals surface area contributed by atoms with Gasteiger partial charge in [0.25, 0.3) is 0 Å². The predicted molar refractivity (Wildman–Crippen MR) is 141 cm³/mol. The van der Waals surface area contributed by atoms with E-state index in [2.05, 4.69) is 0 Å². The molecule has 0 radical (unpaired) electrons. The van der Waals surface area contributed by atoms with E-state index in [4.69, 9.17) is 18.9 Å². The van der Waals surface area contributed by atoms with Crippen LogP contribution in [0.5, 0.6) is 0 Å². The molecule has 0 heterocycles. The van der Waals surface area contributed by atoms with Gasteiger partial charge in [-0.1, -0.05) is 40.7 Å². The average Bonchev–Trinajstić information content (AvgIpc) is 3.17. The summed E-state index contributed by atoms with van der Waals surface area (Å²) >= 11 is 0. The molecule has 222 valence electrons. The molecule has 4 aliphatic carbocycles. The van der Waals surface area contributed by atoms with Crippen molar-refractivity contribution in [2.45, 2.75) is 84.6 Å². The zero-order valence-electron chi connectivity index (χ0n) is 23.9. The minimum Gasteiger partial charge on any atom is -0.434 e. The summed E-state index contributed by atoms with van der Waals surface area (Å²) in [6, 6.07) is 0. The topological polar surface area (TPSA) is 125 Å². The summed E-state index contributed by atoms with van der Waals surface area (Å²) in [5, 5.41) is 11.6. The highest BCUT2D eigenvalue weighted by Crippen LogP contribution is 2.68. The molecule has 0 aromatic heterocycles. The van der Waals surface area contributed by atoms with E-state index in [0.717, 1.165) is 0 Å². The van der Waals surface area contributed by atoms with Crippen LogP contribution in [-0.4, -0.2) is 66.7 Å². The van der Waals surface area contributed by atoms with Crippen molar-refractivity contribution in [3.63, 3.8) is 0 Å². The number of allylic oxidation sites excluding steroid dienone is 4. The van der Waals surface area contributed by atoms with Crippen molar-refractivity contribution in [1.29, 1.82) is 0 Å². The van der Waals surface area contributed by atoms with Gasteiger partial charge in [-0.25, -0.2) is 14.0 Å². The molecule has 0 saturated heterocycles. The fraction of sp³-hybridized carbons (Fsp3) is 0.733. The molecule has 0 aliphatic heterocycles. The normalized spacial score (nSPS) is 38.0. The van der Waals surface area contributed by atoms with Crippen molar-refractivity contribution >= 4 is 23.9 Å². The summed E-state index contributed by atoms with van der Waals surface area (Å²) in [7, 11) is 0. The van der Waals surface area contributed by atoms with Gasteiger partial charge in [-0.2, -0.15) is 0 Å². The van der Waals surface area contributed by atoms with Crippen LogP contribution in [0.15, 0.2) is 23.8 Å². The standard InChI is InChI=1S/C30H41FO9/c1-6-11-37-27(36)40-30(24(34)16-39-26(35)38-15-17(2)3)10-8-20-19-13-22(31)21-12-18(32)7-9-28(21,4)25(19)23(33)14-29(20,30)5/h7,9,12,17,19-20,22-23,25,33H,6,8,10-11,13-16H2,1-5H3/t19-,20-,22-,23?,25+,28-,29-,30-/m0/s1. The Labute approximate surface area is 234 Å². The molecule has 1 N–H and O–H groups in total. The van der Waals surface area contributed by atoms with Gasteiger partial charge >= 0.3 is 12.3 Å². The van der Waals surface area contributed by atoms with Crippen LogP contribution >= 0.6 is 0 Å². The number of aliphatic hydroxyl groups is 1. The Morgan fingerprint density at radius 1 is 1.15 bits per heavy atom. The quantitative estimate of drug-likeness (QED) is 0.410. The average molecular weight is 565 g/mol. The number of hydrogen-bond donors (Lipinski definition) is 1. The molecule has 0 spiro atoms. The van der Waals surface area contributed by atoms with E-state index in [9.17, 15) is 24.3 Å². The van der Waals surface area contributed by atoms with Crippen molar-refractivity contribution in [3.8, 4) is 0 Å². The maximum absolute atomic E-state index is 15.7. The Kier molecular flexibility index (Phi) is 8.50. The number of carbonyl (C=O) groups excluding carboxylic acids is 4. The minimum atomic E-state index is -1.76. The van der Waals surface area contributed by atoms with Gasteiger partial charge < -0.3 is 24.1 Å². The first-order valence-electron chi connectivity index (χ1n) is 14.2. The lowest BCUT2D eigenvalue weighted by Crippen LogP contribution is -2.64. The Bertz CT molecular complexity index is 1100. The number of halogens is 1. The van der Waals surface area contributed by atoms with Crippen LogP contribution in [0.1, 0.15) is 66.7 Å². The number of fused-ring (bicyclic) bond motifs is 5. The van der Waals surface area contributed by atoms with E-state index in [1.807, 2.05) is 27.7 Å². The van der Waals surface area contributed by atoms with Gasteiger partial charge in [-0.3, -0.25) is 9.59 Å². The molecule has 8 atom stereocenters. The Morgan fingerprint density at radius 3 is 2.55 bits per heavy atom. The highest BCUT2D eigenvalue weighted by atomic mass is 19.1. The van der Waals surface area contributed by atoms with Crippen LogP contribution in [0, 0.1) is 34.5 Å². The van der Waals surface area contributed by atoms with Crippen LogP contribution in [0.3, 0.4) is 0 Å². The first kappa shape index (κ1) is 30.2. The maximum Gasteiger partial charge on any atom is 0.509 e. The summed E-state index contributed by atoms with van der Waals surface area (Å²) < 4.78 is 36.8. The van der Waals surface area contributed by atoms with Gasteiger partial charge in [-0.05, 0) is 67.6 Å². The molecule has 0 bridgehead atoms. The van der Waals surface area contributed by atoms with Crippen molar-refractivity contribution in [2.24, 2.45) is 34.5 Å². The highest BCUT2D eigenvalue weighted by Gasteiger charge is 2.71. The first-order chi connectivity index (χ1) is 18.8. The van der Waals surface area contributed by atoms with Crippen molar-refractivity contribution in [3.05, 3.63) is 23.8 Å². The zero-order chi connectivity index (χ0) is 29.5. The number of hydrogen-bond acceptors (Lipinski definition) is 9. The summed E-state index contributed by atoms with van der Waals surface area (Å²) in [5.74, 6) is -1.89. The molecule has 3 saturated carbocycles. The maximum atomic E-state index is 15.7. The lowest BCUT2D eigenvalue weighted by Gasteiger charge is -2.60. The first-order valence-corrected chi connectivity index (χ1v) is 14.2. The lowest BCUT2D eigenvalue weighted by molar-refractivity contribution is -0.186. The molecule has 4 rings (SSSR count). The van der Waals surface area contributed by atoms with E-state index in [1.54, 1.807) is 13.0 Å². The molecule has 1 unspecified atom stereocenters. The van der Waals surface area contributed by atoms with E-state index >= 15 is 4.39 Å². The summed E-state index contributed by atoms with van der Waals surface area (Å²) in [6.07, 6.45) is 1.31. The second-order valence-corrected chi connectivity index (χ2v) is 12.5. The molecular formula is C30H41FO9. The Balaban J connectivity index is 1.66. The van der Waals surface area contributed by atoms with Gasteiger partial charge in [0.2, 0.25) is 5.78 Å². The van der Waals surface area contributed by atoms with Crippen LogP contribution < -0.4 is 0 Å². The monoisotopic (exact) mass is 564 g/mol. The molecule has 40 heavy (non-hydrogen) atoms. The third-order valence-electron chi connectivity index (χ3n) is 9.58. The van der Waals surface area contributed by atoms with E-state index in [0.29, 0.717) is 18.4 Å². The lowest BCUT2D eigenvalue weighted by atomic mass is 9.46. The van der Waals surface area contributed by atoms with E-state index < -0.39 is 59.3 Å². The van der Waals surface area contributed by atoms with Gasteiger partial charge in [-0.15, -0.1) is 0 Å². The zero-order valence-corrected chi connectivity index (χ0v) is 23.9. The van der Waals surface area contributed by atoms with Crippen molar-refractivity contribution < 1.29 is 47.6 Å². The van der Waals surface area contributed by atoms with Gasteiger partial charge in [0.15, 0.2) is 18.0 Å². The molecule has 10 heteroatoms. The molecule has 3 fully saturated rings. The second-order valence-electron chi connectivity index (χ2n) is 12.5. The number of ketones is 2. The largest absolute Gasteiger partial charge is 0.509 e. The van der Waals surface area contributed by atoms with Gasteiger partial charge in [0.05, 0.1) is 19.3 Å². The summed E-state index contributed by atoms with van der Waals surface area (Å²) in [4.78, 5) is 50.8. The number of Topliss-reactive ketones (excluding diaryl/α,β-unsaturated/α-hetero) is 1. The third kappa shape index (κ3) is 5.08. The highest BCUT2D eigenvalue weighted by molar-refractivity contribution is 6.01. The predicted octanol–water partition coefficient (Wildman–Crippen LogP) is 4.89. The number of aliphatic hydroxyl groups excluding tert-OH is 1. The molecule has 0 aromatic carbocycles. The van der Waals surface area contributed by atoms with Crippen LogP contribution in [0.2, 0.25) is 0 Å². The molecular weight excluding hydrogens is 523 g/mol. The van der Waals surface area contributed by atoms with Crippen LogP contribution in [0.4, 0.5) is 14.0 Å². The molecule has 0 aromatic rings. The van der Waals surface area contributed by atoms with Crippen molar-refractivity contribution in [2.75, 3.05) is 19.8 Å². The fourth-order valence-corrected chi connectivity index (χ4v) is 7.88. The van der Waals surface area contributed by atoms with Crippen LogP contribution in [0.25, 0.3) is 0 Å². The van der Waals surface area contributed by atoms with Gasteiger partial charge in [0, 0.05) is 16.7 Å². The molecule has 9 nitrogen and oxygen atoms in total. The second kappa shape index (κ2) is 11.3. The number of carbonyl (C=O) groups is 4. The molecule has 4 aliphatic rings. The minimum absolute atomic E-state index is 0.0709. The number of ether oxygens (including phenoxy) is 4. The van der Waals surface area contributed by atoms with Crippen LogP contribution in [-0.2, 0) is 28.5 Å².